The molecule has 0 saturated carbocycles. The van der Waals surface area contributed by atoms with E-state index in [1.807, 2.05) is 12.1 Å². The Kier molecular flexibility index (Phi) is 7.01. The third-order valence-corrected chi connectivity index (χ3v) is 2.86. The van der Waals surface area contributed by atoms with Crippen molar-refractivity contribution in [1.82, 2.24) is 0 Å². The SMILES string of the molecule is NNc1c(Br)cc(Br)cc1Br.O=S(=O)(O)O. The molecule has 0 unspecified atom stereocenters. The highest BCUT2D eigenvalue weighted by molar-refractivity contribution is 9.11. The summed E-state index contributed by atoms with van der Waals surface area (Å²) in [6.07, 6.45) is 0. The zero-order valence-corrected chi connectivity index (χ0v) is 13.1. The maximum Gasteiger partial charge on any atom is 0.394 e. The normalized spacial score (nSPS) is 10.4. The molecule has 0 saturated heterocycles. The second-order valence-corrected chi connectivity index (χ2v) is 5.86. The first kappa shape index (κ1) is 16.3. The van der Waals surface area contributed by atoms with E-state index in [0.717, 1.165) is 19.1 Å². The fourth-order valence-corrected chi connectivity index (χ4v) is 3.17. The van der Waals surface area contributed by atoms with Gasteiger partial charge in [0.25, 0.3) is 0 Å². The summed E-state index contributed by atoms with van der Waals surface area (Å²) in [4.78, 5) is 0. The van der Waals surface area contributed by atoms with Gasteiger partial charge >= 0.3 is 10.4 Å². The van der Waals surface area contributed by atoms with Crippen molar-refractivity contribution in [3.8, 4) is 0 Å². The monoisotopic (exact) mass is 440 g/mol. The Hall–Kier alpha value is 0.290. The first-order valence-electron chi connectivity index (χ1n) is 3.46. The molecule has 6 nitrogen and oxygen atoms in total. The zero-order valence-electron chi connectivity index (χ0n) is 7.49. The lowest BCUT2D eigenvalue weighted by atomic mass is 10.3. The number of anilines is 1. The lowest BCUT2D eigenvalue weighted by molar-refractivity contribution is 0.381. The van der Waals surface area contributed by atoms with Crippen LogP contribution in [-0.2, 0) is 10.4 Å². The van der Waals surface area contributed by atoms with Gasteiger partial charge in [0.05, 0.1) is 5.69 Å². The number of nitrogens with one attached hydrogen (secondary N) is 1. The lowest BCUT2D eigenvalue weighted by Gasteiger charge is -2.05. The molecule has 0 aromatic heterocycles. The molecule has 0 bridgehead atoms. The maximum absolute atomic E-state index is 8.74. The molecule has 16 heavy (non-hydrogen) atoms. The van der Waals surface area contributed by atoms with E-state index in [9.17, 15) is 0 Å². The summed E-state index contributed by atoms with van der Waals surface area (Å²) in [5.74, 6) is 5.28. The van der Waals surface area contributed by atoms with Crippen LogP contribution in [-0.4, -0.2) is 17.5 Å². The van der Waals surface area contributed by atoms with E-state index in [2.05, 4.69) is 53.2 Å². The molecule has 1 aromatic rings. The van der Waals surface area contributed by atoms with Gasteiger partial charge in [-0.05, 0) is 44.0 Å². The number of hydrazine groups is 1. The van der Waals surface area contributed by atoms with E-state index in [1.165, 1.54) is 0 Å². The van der Waals surface area contributed by atoms with Crippen molar-refractivity contribution in [1.29, 1.82) is 0 Å². The third kappa shape index (κ3) is 7.54. The predicted molar refractivity (Wildman–Crippen MR) is 71.5 cm³/mol. The van der Waals surface area contributed by atoms with Gasteiger partial charge in [0, 0.05) is 13.4 Å². The van der Waals surface area contributed by atoms with Crippen LogP contribution < -0.4 is 11.3 Å². The summed E-state index contributed by atoms with van der Waals surface area (Å²) in [7, 11) is -4.67. The molecular formula is C6H7Br3N2O4S. The van der Waals surface area contributed by atoms with E-state index in [4.69, 9.17) is 23.4 Å². The van der Waals surface area contributed by atoms with Crippen molar-refractivity contribution in [3.63, 3.8) is 0 Å². The smallest absolute Gasteiger partial charge is 0.322 e. The fraction of sp³-hybridized carbons (Fsp3) is 0. The molecule has 92 valence electrons. The Labute approximate surface area is 118 Å². The fourth-order valence-electron chi connectivity index (χ4n) is 0.680. The van der Waals surface area contributed by atoms with E-state index >= 15 is 0 Å². The summed E-state index contributed by atoms with van der Waals surface area (Å²) in [6, 6.07) is 3.83. The van der Waals surface area contributed by atoms with E-state index in [1.54, 1.807) is 0 Å². The molecule has 0 aliphatic heterocycles. The van der Waals surface area contributed by atoms with Crippen LogP contribution in [0.25, 0.3) is 0 Å². The Morgan fingerprint density at radius 3 is 1.69 bits per heavy atom. The summed E-state index contributed by atoms with van der Waals surface area (Å²) in [5.41, 5.74) is 3.42. The van der Waals surface area contributed by atoms with E-state index in [0.29, 0.717) is 0 Å². The number of halogens is 3. The summed E-state index contributed by atoms with van der Waals surface area (Å²) < 4.78 is 34.4. The number of hydrogen-bond acceptors (Lipinski definition) is 4. The number of benzene rings is 1. The highest BCUT2D eigenvalue weighted by atomic mass is 79.9. The van der Waals surface area contributed by atoms with E-state index in [-0.39, 0.29) is 0 Å². The van der Waals surface area contributed by atoms with Crippen LogP contribution >= 0.6 is 47.8 Å². The molecule has 0 heterocycles. The van der Waals surface area contributed by atoms with E-state index < -0.39 is 10.4 Å². The summed E-state index contributed by atoms with van der Waals surface area (Å²) >= 11 is 10.1. The Bertz CT molecular complexity index is 434. The molecular weight excluding hydrogens is 436 g/mol. The van der Waals surface area contributed by atoms with Crippen molar-refractivity contribution >= 4 is 63.9 Å². The van der Waals surface area contributed by atoms with Crippen molar-refractivity contribution < 1.29 is 17.5 Å². The minimum Gasteiger partial charge on any atom is -0.322 e. The van der Waals surface area contributed by atoms with Crippen LogP contribution in [0, 0.1) is 0 Å². The van der Waals surface area contributed by atoms with Crippen LogP contribution in [0.1, 0.15) is 0 Å². The molecule has 0 fully saturated rings. The van der Waals surface area contributed by atoms with Crippen LogP contribution in [0.3, 0.4) is 0 Å². The molecule has 0 spiro atoms. The molecule has 0 aliphatic rings. The van der Waals surface area contributed by atoms with Crippen LogP contribution in [0.15, 0.2) is 25.6 Å². The summed E-state index contributed by atoms with van der Waals surface area (Å²) in [6.45, 7) is 0. The Balaban J connectivity index is 0.000000385. The number of nitrogens with two attached hydrogens (primary N) is 1. The van der Waals surface area contributed by atoms with Crippen LogP contribution in [0.4, 0.5) is 5.69 Å². The topological polar surface area (TPSA) is 113 Å². The standard InChI is InChI=1S/C6H5Br3N2.H2O4S/c7-3-1-4(8)6(11-10)5(9)2-3;1-5(2,3)4/h1-2,11H,10H2;(H2,1,2,3,4). The first-order valence-corrected chi connectivity index (χ1v) is 7.23. The zero-order chi connectivity index (χ0) is 12.9. The quantitative estimate of drug-likeness (QED) is 0.302. The van der Waals surface area contributed by atoms with Crippen molar-refractivity contribution in [2.75, 3.05) is 5.43 Å². The van der Waals surface area contributed by atoms with Crippen LogP contribution in [0.2, 0.25) is 0 Å². The lowest BCUT2D eigenvalue weighted by Crippen LogP contribution is -2.07. The van der Waals surface area contributed by atoms with Gasteiger partial charge in [-0.1, -0.05) is 15.9 Å². The Morgan fingerprint density at radius 2 is 1.44 bits per heavy atom. The van der Waals surface area contributed by atoms with Crippen molar-refractivity contribution in [2.45, 2.75) is 0 Å². The van der Waals surface area contributed by atoms with Gasteiger partial charge in [0.15, 0.2) is 0 Å². The molecule has 1 rings (SSSR count). The van der Waals surface area contributed by atoms with Gasteiger partial charge < -0.3 is 5.43 Å². The number of rotatable bonds is 1. The van der Waals surface area contributed by atoms with Gasteiger partial charge in [-0.25, -0.2) is 0 Å². The molecule has 10 heteroatoms. The molecule has 0 amide bonds. The Morgan fingerprint density at radius 1 is 1.12 bits per heavy atom. The minimum absolute atomic E-state index is 0.841. The molecule has 0 radical (unpaired) electrons. The van der Waals surface area contributed by atoms with Crippen LogP contribution in [0.5, 0.6) is 0 Å². The van der Waals surface area contributed by atoms with Gasteiger partial charge in [0.1, 0.15) is 0 Å². The first-order chi connectivity index (χ1) is 7.15. The van der Waals surface area contributed by atoms with Gasteiger partial charge in [0.2, 0.25) is 0 Å². The molecule has 0 aliphatic carbocycles. The summed E-state index contributed by atoms with van der Waals surface area (Å²) in [5, 5.41) is 0. The highest BCUT2D eigenvalue weighted by Crippen LogP contribution is 2.33. The second-order valence-electron chi connectivity index (χ2n) is 2.34. The minimum atomic E-state index is -4.67. The predicted octanol–water partition coefficient (Wildman–Crippen LogP) is 2.61. The number of nitrogen functional groups attached to an aromatic ring is 1. The van der Waals surface area contributed by atoms with Crippen molar-refractivity contribution in [2.24, 2.45) is 5.84 Å². The van der Waals surface area contributed by atoms with Gasteiger partial charge in [-0.3, -0.25) is 14.9 Å². The highest BCUT2D eigenvalue weighted by Gasteiger charge is 2.03. The average molecular weight is 443 g/mol. The van der Waals surface area contributed by atoms with Gasteiger partial charge in [-0.2, -0.15) is 8.42 Å². The third-order valence-electron chi connectivity index (χ3n) is 1.15. The second kappa shape index (κ2) is 6.89. The average Bonchev–Trinajstić information content (AvgIpc) is 1.99. The largest absolute Gasteiger partial charge is 0.394 e. The molecule has 5 N–H and O–H groups in total. The van der Waals surface area contributed by atoms with Gasteiger partial charge in [-0.15, -0.1) is 0 Å². The number of hydrogen-bond donors (Lipinski definition) is 4. The molecule has 0 atom stereocenters. The molecule has 1 aromatic carbocycles. The van der Waals surface area contributed by atoms with Crippen molar-refractivity contribution in [3.05, 3.63) is 25.6 Å². The maximum atomic E-state index is 8.74.